The van der Waals surface area contributed by atoms with Gasteiger partial charge in [-0.2, -0.15) is 0 Å². The molecule has 1 aliphatic rings. The van der Waals surface area contributed by atoms with Gasteiger partial charge in [-0.05, 0) is 24.6 Å². The van der Waals surface area contributed by atoms with Gasteiger partial charge in [-0.3, -0.25) is 0 Å². The first kappa shape index (κ1) is 18.1. The van der Waals surface area contributed by atoms with Gasteiger partial charge in [0, 0.05) is 25.3 Å². The third-order valence-electron chi connectivity index (χ3n) is 4.43. The summed E-state index contributed by atoms with van der Waals surface area (Å²) in [5.41, 5.74) is 1.59. The fourth-order valence-electron chi connectivity index (χ4n) is 2.86. The van der Waals surface area contributed by atoms with E-state index < -0.39 is 11.6 Å². The molecule has 136 valence electrons. The molecule has 0 spiro atoms. The lowest BCUT2D eigenvalue weighted by Crippen LogP contribution is -2.44. The van der Waals surface area contributed by atoms with Gasteiger partial charge in [0.15, 0.2) is 5.60 Å². The summed E-state index contributed by atoms with van der Waals surface area (Å²) >= 11 is 0. The summed E-state index contributed by atoms with van der Waals surface area (Å²) in [6.07, 6.45) is 0. The molecule has 2 aromatic carbocycles. The van der Waals surface area contributed by atoms with Gasteiger partial charge in [0.25, 0.3) is 0 Å². The zero-order chi connectivity index (χ0) is 18.7. The Hall–Kier alpha value is -2.70. The van der Waals surface area contributed by atoms with Crippen molar-refractivity contribution in [3.8, 4) is 16.9 Å². The maximum Gasteiger partial charge on any atom is 0.345 e. The van der Waals surface area contributed by atoms with Crippen LogP contribution in [0.15, 0.2) is 42.5 Å². The molecule has 0 saturated heterocycles. The van der Waals surface area contributed by atoms with Gasteiger partial charge < -0.3 is 18.9 Å². The molecule has 0 bridgehead atoms. The van der Waals surface area contributed by atoms with Crippen LogP contribution in [-0.2, 0) is 25.6 Å². The molecule has 1 aliphatic heterocycles. The van der Waals surface area contributed by atoms with E-state index in [9.17, 15) is 9.59 Å². The second kappa shape index (κ2) is 7.27. The Bertz CT molecular complexity index is 844. The Labute approximate surface area is 151 Å². The smallest absolute Gasteiger partial charge is 0.345 e. The summed E-state index contributed by atoms with van der Waals surface area (Å²) in [4.78, 5) is 24.4. The maximum atomic E-state index is 12.6. The lowest BCUT2D eigenvalue weighted by molar-refractivity contribution is -0.162. The van der Waals surface area contributed by atoms with Crippen LogP contribution in [0.5, 0.6) is 5.75 Å². The number of ether oxygens (including phenoxy) is 4. The molecule has 1 heterocycles. The number of hydrogen-bond acceptors (Lipinski definition) is 6. The highest BCUT2D eigenvalue weighted by Crippen LogP contribution is 2.37. The summed E-state index contributed by atoms with van der Waals surface area (Å²) in [5, 5.41) is 0. The number of benzene rings is 2. The zero-order valence-electron chi connectivity index (χ0n) is 14.9. The predicted molar refractivity (Wildman–Crippen MR) is 93.9 cm³/mol. The summed E-state index contributed by atoms with van der Waals surface area (Å²) < 4.78 is 21.1. The molecule has 6 nitrogen and oxygen atoms in total. The molecule has 0 saturated carbocycles. The number of esters is 2. The van der Waals surface area contributed by atoms with Crippen molar-refractivity contribution in [3.05, 3.63) is 53.6 Å². The normalized spacial score (nSPS) is 15.1. The van der Waals surface area contributed by atoms with Crippen molar-refractivity contribution >= 4 is 11.9 Å². The number of fused-ring (bicyclic) bond motifs is 1. The van der Waals surface area contributed by atoms with E-state index in [0.717, 1.165) is 11.1 Å². The van der Waals surface area contributed by atoms with Crippen LogP contribution in [0.25, 0.3) is 11.1 Å². The van der Waals surface area contributed by atoms with E-state index in [1.54, 1.807) is 31.2 Å². The van der Waals surface area contributed by atoms with Crippen LogP contribution in [0.4, 0.5) is 0 Å². The minimum absolute atomic E-state index is 0.0631. The molecule has 2 aromatic rings. The van der Waals surface area contributed by atoms with Gasteiger partial charge >= 0.3 is 11.9 Å². The minimum atomic E-state index is -1.22. The quantitative estimate of drug-likeness (QED) is 0.585. The van der Waals surface area contributed by atoms with Crippen molar-refractivity contribution in [1.29, 1.82) is 0 Å². The monoisotopic (exact) mass is 356 g/mol. The Balaban J connectivity index is 1.98. The van der Waals surface area contributed by atoms with Crippen molar-refractivity contribution < 1.29 is 28.5 Å². The molecule has 0 radical (unpaired) electrons. The molecule has 26 heavy (non-hydrogen) atoms. The maximum absolute atomic E-state index is 12.6. The third kappa shape index (κ3) is 3.21. The van der Waals surface area contributed by atoms with E-state index in [-0.39, 0.29) is 19.2 Å². The van der Waals surface area contributed by atoms with Crippen molar-refractivity contribution in [2.24, 2.45) is 0 Å². The highest BCUT2D eigenvalue weighted by Gasteiger charge is 2.36. The summed E-state index contributed by atoms with van der Waals surface area (Å²) in [7, 11) is 2.92. The Morgan fingerprint density at radius 3 is 2.50 bits per heavy atom. The van der Waals surface area contributed by atoms with Gasteiger partial charge in [-0.1, -0.05) is 30.3 Å². The lowest BCUT2D eigenvalue weighted by Gasteiger charge is -2.25. The Kier molecular flexibility index (Phi) is 5.06. The second-order valence-electron chi connectivity index (χ2n) is 6.16. The highest BCUT2D eigenvalue weighted by atomic mass is 16.6. The topological polar surface area (TPSA) is 71.1 Å². The summed E-state index contributed by atoms with van der Waals surface area (Å²) in [5.74, 6) is -0.526. The van der Waals surface area contributed by atoms with E-state index in [0.29, 0.717) is 16.9 Å². The Morgan fingerprint density at radius 2 is 1.77 bits per heavy atom. The molecule has 0 aliphatic carbocycles. The van der Waals surface area contributed by atoms with Gasteiger partial charge in [-0.15, -0.1) is 0 Å². The zero-order valence-corrected chi connectivity index (χ0v) is 14.9. The van der Waals surface area contributed by atoms with E-state index in [1.807, 2.05) is 18.2 Å². The van der Waals surface area contributed by atoms with Crippen LogP contribution in [0.2, 0.25) is 0 Å². The van der Waals surface area contributed by atoms with Gasteiger partial charge in [0.2, 0.25) is 0 Å². The number of hydrogen-bond donors (Lipinski definition) is 0. The van der Waals surface area contributed by atoms with Crippen molar-refractivity contribution in [3.63, 3.8) is 0 Å². The van der Waals surface area contributed by atoms with Crippen LogP contribution < -0.4 is 4.74 Å². The third-order valence-corrected chi connectivity index (χ3v) is 4.43. The lowest BCUT2D eigenvalue weighted by atomic mass is 9.96. The first-order valence-corrected chi connectivity index (χ1v) is 8.15. The molecule has 0 aromatic heterocycles. The number of para-hydroxylation sites is 1. The second-order valence-corrected chi connectivity index (χ2v) is 6.16. The van der Waals surface area contributed by atoms with Crippen LogP contribution in [-0.4, -0.2) is 38.4 Å². The number of carbonyl (C=O) groups is 2. The largest absolute Gasteiger partial charge is 0.457 e. The standard InChI is InChI=1S/C20H20O6/c1-20(24-3,12-23-2)19(22)26-17-10-5-4-7-14(17)13-8-6-9-15-16(13)11-25-18(15)21/h4-10H,11-12H2,1-3H3. The van der Waals surface area contributed by atoms with Gasteiger partial charge in [0.05, 0.1) is 12.2 Å². The fraction of sp³-hybridized carbons (Fsp3) is 0.300. The molecule has 0 fully saturated rings. The number of rotatable bonds is 6. The minimum Gasteiger partial charge on any atom is -0.457 e. The summed E-state index contributed by atoms with van der Waals surface area (Å²) in [6.45, 7) is 1.87. The average Bonchev–Trinajstić information content (AvgIpc) is 3.03. The van der Waals surface area contributed by atoms with Crippen LogP contribution >= 0.6 is 0 Å². The molecule has 0 amide bonds. The van der Waals surface area contributed by atoms with Crippen LogP contribution in [0.1, 0.15) is 22.8 Å². The van der Waals surface area contributed by atoms with E-state index in [4.69, 9.17) is 18.9 Å². The fourth-order valence-corrected chi connectivity index (χ4v) is 2.86. The van der Waals surface area contributed by atoms with E-state index >= 15 is 0 Å². The van der Waals surface area contributed by atoms with Crippen molar-refractivity contribution in [2.75, 3.05) is 20.8 Å². The molecule has 3 rings (SSSR count). The number of methoxy groups -OCH3 is 2. The van der Waals surface area contributed by atoms with Crippen LogP contribution in [0.3, 0.4) is 0 Å². The number of cyclic esters (lactones) is 1. The van der Waals surface area contributed by atoms with E-state index in [2.05, 4.69) is 0 Å². The Morgan fingerprint density at radius 1 is 1.08 bits per heavy atom. The molecule has 0 N–H and O–H groups in total. The van der Waals surface area contributed by atoms with Gasteiger partial charge in [0.1, 0.15) is 12.4 Å². The van der Waals surface area contributed by atoms with Crippen molar-refractivity contribution in [2.45, 2.75) is 19.1 Å². The van der Waals surface area contributed by atoms with Crippen molar-refractivity contribution in [1.82, 2.24) is 0 Å². The molecule has 6 heteroatoms. The van der Waals surface area contributed by atoms with Crippen LogP contribution in [0, 0.1) is 0 Å². The molecular weight excluding hydrogens is 336 g/mol. The molecular formula is C20H20O6. The highest BCUT2D eigenvalue weighted by molar-refractivity contribution is 5.96. The first-order chi connectivity index (χ1) is 12.5. The predicted octanol–water partition coefficient (Wildman–Crippen LogP) is 2.98. The molecule has 1 atom stereocenters. The SMILES string of the molecule is COCC(C)(OC)C(=O)Oc1ccccc1-c1cccc2c1COC2=O. The van der Waals surface area contributed by atoms with Gasteiger partial charge in [-0.25, -0.2) is 9.59 Å². The first-order valence-electron chi connectivity index (χ1n) is 8.15. The summed E-state index contributed by atoms with van der Waals surface area (Å²) in [6, 6.07) is 12.5. The average molecular weight is 356 g/mol. The number of carbonyl (C=O) groups excluding carboxylic acids is 2. The molecule has 1 unspecified atom stereocenters. The van der Waals surface area contributed by atoms with E-state index in [1.165, 1.54) is 14.2 Å².